The number of ether oxygens (including phenoxy) is 1. The van der Waals surface area contributed by atoms with Gasteiger partial charge in [-0.15, -0.1) is 0 Å². The summed E-state index contributed by atoms with van der Waals surface area (Å²) in [4.78, 5) is 9.12. The van der Waals surface area contributed by atoms with E-state index in [1.54, 1.807) is 0 Å². The van der Waals surface area contributed by atoms with Crippen LogP contribution in [0.3, 0.4) is 0 Å². The Balaban J connectivity index is 3.53. The lowest BCUT2D eigenvalue weighted by atomic mass is 10.2. The van der Waals surface area contributed by atoms with E-state index in [9.17, 15) is 23.3 Å². The number of aromatic hydroxyl groups is 1. The van der Waals surface area contributed by atoms with Gasteiger partial charge in [0, 0.05) is 0 Å². The molecule has 0 heterocycles. The van der Waals surface area contributed by atoms with Crippen molar-refractivity contribution in [2.45, 2.75) is 0 Å². The Morgan fingerprint density at radius 3 is 2.41 bits per heavy atom. The van der Waals surface area contributed by atoms with Gasteiger partial charge in [0.25, 0.3) is 0 Å². The molecule has 0 radical (unpaired) electrons. The van der Waals surface area contributed by atoms with Crippen molar-refractivity contribution in [2.75, 3.05) is 6.61 Å². The van der Waals surface area contributed by atoms with E-state index in [0.717, 1.165) is 6.08 Å². The molecule has 1 rings (SSSR count). The molecule has 0 bridgehead atoms. The van der Waals surface area contributed by atoms with Crippen molar-refractivity contribution in [3.8, 4) is 11.5 Å². The molecule has 1 aromatic carbocycles. The molecule has 1 N–H and O–H groups in total. The first-order chi connectivity index (χ1) is 7.91. The van der Waals surface area contributed by atoms with Crippen molar-refractivity contribution in [1.82, 2.24) is 0 Å². The van der Waals surface area contributed by atoms with Crippen molar-refractivity contribution >= 4 is 5.69 Å². The van der Waals surface area contributed by atoms with Gasteiger partial charge in [0.05, 0.1) is 4.92 Å². The Kier molecular flexibility index (Phi) is 3.56. The fraction of sp³-hybridized carbons (Fsp3) is 0.111. The van der Waals surface area contributed by atoms with Crippen LogP contribution in [-0.4, -0.2) is 16.6 Å². The highest BCUT2D eigenvalue weighted by Gasteiger charge is 2.33. The second-order valence-corrected chi connectivity index (χ2v) is 2.83. The van der Waals surface area contributed by atoms with Gasteiger partial charge in [-0.05, 0) is 0 Å². The van der Waals surface area contributed by atoms with E-state index >= 15 is 0 Å². The number of nitrogens with zero attached hydrogens (tertiary/aromatic N) is 1. The molecular weight excluding hydrogens is 243 g/mol. The Morgan fingerprint density at radius 2 is 1.94 bits per heavy atom. The third-order valence-corrected chi connectivity index (χ3v) is 1.76. The van der Waals surface area contributed by atoms with Crippen molar-refractivity contribution in [3.05, 3.63) is 40.2 Å². The van der Waals surface area contributed by atoms with Gasteiger partial charge in [0.2, 0.25) is 23.2 Å². The van der Waals surface area contributed by atoms with Crippen LogP contribution in [0.5, 0.6) is 11.5 Å². The maximum absolute atomic E-state index is 13.3. The van der Waals surface area contributed by atoms with Crippen LogP contribution in [0, 0.1) is 27.6 Å². The van der Waals surface area contributed by atoms with Crippen LogP contribution in [0.25, 0.3) is 0 Å². The normalized spacial score (nSPS) is 10.1. The Hall–Kier alpha value is -2.25. The summed E-state index contributed by atoms with van der Waals surface area (Å²) in [6.07, 6.45) is 1.11. The van der Waals surface area contributed by atoms with Gasteiger partial charge >= 0.3 is 5.69 Å². The van der Waals surface area contributed by atoms with Gasteiger partial charge in [-0.1, -0.05) is 12.7 Å². The van der Waals surface area contributed by atoms with Gasteiger partial charge in [0.15, 0.2) is 5.75 Å². The van der Waals surface area contributed by atoms with E-state index in [1.165, 1.54) is 0 Å². The summed E-state index contributed by atoms with van der Waals surface area (Å²) >= 11 is 0. The average Bonchev–Trinajstić information content (AvgIpc) is 2.28. The number of nitro groups is 1. The predicted octanol–water partition coefficient (Wildman–Crippen LogP) is 2.28. The molecule has 5 nitrogen and oxygen atoms in total. The molecule has 0 fully saturated rings. The lowest BCUT2D eigenvalue weighted by Crippen LogP contribution is -2.05. The van der Waals surface area contributed by atoms with Crippen molar-refractivity contribution in [3.63, 3.8) is 0 Å². The van der Waals surface area contributed by atoms with Gasteiger partial charge in [-0.3, -0.25) is 10.1 Å². The topological polar surface area (TPSA) is 72.6 Å². The van der Waals surface area contributed by atoms with Crippen molar-refractivity contribution in [2.24, 2.45) is 0 Å². The molecule has 0 unspecified atom stereocenters. The van der Waals surface area contributed by atoms with E-state index in [1.807, 2.05) is 0 Å². The number of hydrogen-bond acceptors (Lipinski definition) is 4. The predicted molar refractivity (Wildman–Crippen MR) is 50.3 cm³/mol. The van der Waals surface area contributed by atoms with Gasteiger partial charge < -0.3 is 9.84 Å². The molecule has 0 aromatic heterocycles. The second-order valence-electron chi connectivity index (χ2n) is 2.83. The number of phenols is 1. The van der Waals surface area contributed by atoms with Gasteiger partial charge in [-0.2, -0.15) is 13.2 Å². The first-order valence-corrected chi connectivity index (χ1v) is 4.19. The number of benzene rings is 1. The molecule has 0 saturated carbocycles. The first-order valence-electron chi connectivity index (χ1n) is 4.19. The molecule has 0 amide bonds. The van der Waals surface area contributed by atoms with Crippen LogP contribution in [0.2, 0.25) is 0 Å². The quantitative estimate of drug-likeness (QED) is 0.384. The Bertz CT molecular complexity index is 490. The van der Waals surface area contributed by atoms with E-state index in [2.05, 4.69) is 11.3 Å². The zero-order valence-corrected chi connectivity index (χ0v) is 8.24. The standard InChI is InChI=1S/C9H6F3NO4/c1-2-3-17-9-6(12)8(14)5(11)4(10)7(9)13(15)16/h2,14H,1,3H2. The summed E-state index contributed by atoms with van der Waals surface area (Å²) in [5.74, 6) is -8.62. The zero-order chi connectivity index (χ0) is 13.2. The molecule has 0 saturated heterocycles. The van der Waals surface area contributed by atoms with Crippen LogP contribution < -0.4 is 4.74 Å². The summed E-state index contributed by atoms with van der Waals surface area (Å²) < 4.78 is 43.8. The molecule has 17 heavy (non-hydrogen) atoms. The summed E-state index contributed by atoms with van der Waals surface area (Å²) in [5, 5.41) is 19.3. The fourth-order valence-electron chi connectivity index (χ4n) is 1.05. The number of phenolic OH excluding ortho intramolecular Hbond substituents is 1. The minimum absolute atomic E-state index is 0.373. The molecule has 0 aliphatic carbocycles. The smallest absolute Gasteiger partial charge is 0.352 e. The molecule has 92 valence electrons. The molecule has 0 aliphatic heterocycles. The minimum Gasteiger partial charge on any atom is -0.503 e. The van der Waals surface area contributed by atoms with Crippen molar-refractivity contribution in [1.29, 1.82) is 0 Å². The van der Waals surface area contributed by atoms with Crippen LogP contribution >= 0.6 is 0 Å². The molecule has 0 aliphatic rings. The van der Waals surface area contributed by atoms with E-state index in [0.29, 0.717) is 0 Å². The number of halogens is 3. The summed E-state index contributed by atoms with van der Waals surface area (Å²) in [7, 11) is 0. The summed E-state index contributed by atoms with van der Waals surface area (Å²) in [6, 6.07) is 0. The monoisotopic (exact) mass is 249 g/mol. The number of nitro benzene ring substituents is 1. The lowest BCUT2D eigenvalue weighted by Gasteiger charge is -2.08. The third-order valence-electron chi connectivity index (χ3n) is 1.76. The van der Waals surface area contributed by atoms with Crippen LogP contribution in [0.4, 0.5) is 18.9 Å². The van der Waals surface area contributed by atoms with Crippen LogP contribution in [0.15, 0.2) is 12.7 Å². The lowest BCUT2D eigenvalue weighted by molar-refractivity contribution is -0.389. The number of rotatable bonds is 4. The van der Waals surface area contributed by atoms with E-state index in [-0.39, 0.29) is 6.61 Å². The summed E-state index contributed by atoms with van der Waals surface area (Å²) in [6.45, 7) is 2.82. The fourth-order valence-corrected chi connectivity index (χ4v) is 1.05. The second kappa shape index (κ2) is 4.73. The first kappa shape index (κ1) is 12.8. The van der Waals surface area contributed by atoms with Crippen molar-refractivity contribution < 1.29 is 27.9 Å². The number of hydrogen-bond donors (Lipinski definition) is 1. The molecule has 0 atom stereocenters. The maximum atomic E-state index is 13.3. The molecular formula is C9H6F3NO4. The maximum Gasteiger partial charge on any atom is 0.352 e. The van der Waals surface area contributed by atoms with E-state index < -0.39 is 39.6 Å². The van der Waals surface area contributed by atoms with E-state index in [4.69, 9.17) is 5.11 Å². The molecule has 0 spiro atoms. The van der Waals surface area contributed by atoms with Crippen LogP contribution in [0.1, 0.15) is 0 Å². The molecule has 1 aromatic rings. The highest BCUT2D eigenvalue weighted by molar-refractivity contribution is 5.53. The minimum atomic E-state index is -2.04. The zero-order valence-electron chi connectivity index (χ0n) is 8.24. The van der Waals surface area contributed by atoms with Gasteiger partial charge in [-0.25, -0.2) is 0 Å². The Morgan fingerprint density at radius 1 is 1.35 bits per heavy atom. The highest BCUT2D eigenvalue weighted by Crippen LogP contribution is 2.40. The Labute approximate surface area is 92.9 Å². The molecule has 8 heteroatoms. The largest absolute Gasteiger partial charge is 0.503 e. The van der Waals surface area contributed by atoms with Gasteiger partial charge in [0.1, 0.15) is 6.61 Å². The highest BCUT2D eigenvalue weighted by atomic mass is 19.2. The summed E-state index contributed by atoms with van der Waals surface area (Å²) in [5.41, 5.74) is -1.51. The SMILES string of the molecule is C=CCOc1c(F)c(O)c(F)c(F)c1[N+](=O)[O-]. The average molecular weight is 249 g/mol. The third kappa shape index (κ3) is 2.14. The van der Waals surface area contributed by atoms with Crippen LogP contribution in [-0.2, 0) is 0 Å².